The summed E-state index contributed by atoms with van der Waals surface area (Å²) in [5.74, 6) is -0.586. The van der Waals surface area contributed by atoms with Crippen molar-refractivity contribution in [3.05, 3.63) is 0 Å². The molecule has 1 amide bonds. The molecule has 2 heterocycles. The summed E-state index contributed by atoms with van der Waals surface area (Å²) in [6.07, 6.45) is 3.26. The molecule has 5 nitrogen and oxygen atoms in total. The fourth-order valence-corrected chi connectivity index (χ4v) is 4.56. The number of ether oxygens (including phenoxy) is 1. The third-order valence-electron chi connectivity index (χ3n) is 4.10. The van der Waals surface area contributed by atoms with Crippen LogP contribution in [0.3, 0.4) is 0 Å². The first kappa shape index (κ1) is 15.6. The van der Waals surface area contributed by atoms with Gasteiger partial charge in [0.15, 0.2) is 0 Å². The van der Waals surface area contributed by atoms with E-state index in [0.717, 1.165) is 19.3 Å². The molecule has 2 aliphatic heterocycles. The lowest BCUT2D eigenvalue weighted by molar-refractivity contribution is -0.152. The van der Waals surface area contributed by atoms with Gasteiger partial charge in [-0.25, -0.2) is 4.79 Å². The van der Waals surface area contributed by atoms with Crippen LogP contribution in [0, 0.1) is 5.92 Å². The molecule has 0 spiro atoms. The van der Waals surface area contributed by atoms with E-state index in [1.54, 1.807) is 16.7 Å². The van der Waals surface area contributed by atoms with Crippen LogP contribution in [-0.4, -0.2) is 51.8 Å². The minimum absolute atomic E-state index is 0.00621. The summed E-state index contributed by atoms with van der Waals surface area (Å²) in [5.41, 5.74) is 0. The number of hydrogen-bond acceptors (Lipinski definition) is 4. The SMILES string of the molecule is CCCC1SCC(C(=O)O)N1C(=O)C1CCOC1CC. The predicted molar refractivity (Wildman–Crippen MR) is 77.6 cm³/mol. The summed E-state index contributed by atoms with van der Waals surface area (Å²) >= 11 is 1.59. The summed E-state index contributed by atoms with van der Waals surface area (Å²) in [6, 6.07) is -0.679. The molecule has 114 valence electrons. The Bertz CT molecular complexity index is 376. The number of hydrogen-bond donors (Lipinski definition) is 1. The van der Waals surface area contributed by atoms with Crippen molar-refractivity contribution in [1.29, 1.82) is 0 Å². The summed E-state index contributed by atoms with van der Waals surface area (Å²) in [5, 5.41) is 9.35. The Balaban J connectivity index is 2.16. The van der Waals surface area contributed by atoms with E-state index in [9.17, 15) is 14.7 Å². The standard InChI is InChI=1S/C14H23NO4S/c1-3-5-12-15(10(8-20-12)14(17)18)13(16)9-6-7-19-11(9)4-2/h9-12H,3-8H2,1-2H3,(H,17,18). The number of carboxylic acid groups (broad SMARTS) is 1. The molecule has 20 heavy (non-hydrogen) atoms. The average Bonchev–Trinajstić information content (AvgIpc) is 3.04. The van der Waals surface area contributed by atoms with Crippen molar-refractivity contribution in [2.75, 3.05) is 12.4 Å². The zero-order valence-corrected chi connectivity index (χ0v) is 12.9. The molecule has 4 atom stereocenters. The topological polar surface area (TPSA) is 66.8 Å². The molecule has 1 N–H and O–H groups in total. The normalized spacial score (nSPS) is 33.6. The summed E-state index contributed by atoms with van der Waals surface area (Å²) < 4.78 is 5.58. The number of nitrogens with zero attached hydrogens (tertiary/aromatic N) is 1. The number of aliphatic carboxylic acids is 1. The Hall–Kier alpha value is -0.750. The quantitative estimate of drug-likeness (QED) is 0.841. The number of carboxylic acids is 1. The smallest absolute Gasteiger partial charge is 0.327 e. The molecule has 2 saturated heterocycles. The van der Waals surface area contributed by atoms with Gasteiger partial charge in [-0.15, -0.1) is 11.8 Å². The molecule has 6 heteroatoms. The molecule has 0 saturated carbocycles. The lowest BCUT2D eigenvalue weighted by Crippen LogP contribution is -2.49. The first-order chi connectivity index (χ1) is 9.60. The van der Waals surface area contributed by atoms with E-state index < -0.39 is 12.0 Å². The van der Waals surface area contributed by atoms with Crippen LogP contribution < -0.4 is 0 Å². The second kappa shape index (κ2) is 6.80. The third kappa shape index (κ3) is 2.96. The summed E-state index contributed by atoms with van der Waals surface area (Å²) in [7, 11) is 0. The monoisotopic (exact) mass is 301 g/mol. The van der Waals surface area contributed by atoms with Crippen molar-refractivity contribution in [1.82, 2.24) is 4.90 Å². The molecule has 4 unspecified atom stereocenters. The van der Waals surface area contributed by atoms with Gasteiger partial charge in [0.25, 0.3) is 0 Å². The second-order valence-electron chi connectivity index (χ2n) is 5.39. The molecular weight excluding hydrogens is 278 g/mol. The fraction of sp³-hybridized carbons (Fsp3) is 0.857. The Kier molecular flexibility index (Phi) is 5.32. The van der Waals surface area contributed by atoms with Gasteiger partial charge in [-0.3, -0.25) is 4.79 Å². The molecule has 0 aromatic carbocycles. The number of amides is 1. The second-order valence-corrected chi connectivity index (χ2v) is 6.60. The minimum Gasteiger partial charge on any atom is -0.480 e. The Morgan fingerprint density at radius 2 is 2.15 bits per heavy atom. The highest BCUT2D eigenvalue weighted by Crippen LogP contribution is 2.36. The van der Waals surface area contributed by atoms with Crippen molar-refractivity contribution in [2.45, 2.75) is 57.1 Å². The van der Waals surface area contributed by atoms with E-state index in [1.807, 2.05) is 6.92 Å². The van der Waals surface area contributed by atoms with Crippen LogP contribution in [0.1, 0.15) is 39.5 Å². The van der Waals surface area contributed by atoms with E-state index in [2.05, 4.69) is 6.92 Å². The molecule has 2 fully saturated rings. The van der Waals surface area contributed by atoms with E-state index >= 15 is 0 Å². The van der Waals surface area contributed by atoms with Crippen LogP contribution in [0.15, 0.2) is 0 Å². The molecule has 2 rings (SSSR count). The van der Waals surface area contributed by atoms with Crippen molar-refractivity contribution in [2.24, 2.45) is 5.92 Å². The molecule has 0 radical (unpaired) electrons. The van der Waals surface area contributed by atoms with Crippen LogP contribution in [0.5, 0.6) is 0 Å². The van der Waals surface area contributed by atoms with Crippen LogP contribution in [0.2, 0.25) is 0 Å². The van der Waals surface area contributed by atoms with Gasteiger partial charge in [0.2, 0.25) is 5.91 Å². The van der Waals surface area contributed by atoms with Crippen molar-refractivity contribution in [3.8, 4) is 0 Å². The van der Waals surface area contributed by atoms with Gasteiger partial charge in [-0.2, -0.15) is 0 Å². The number of thioether (sulfide) groups is 1. The summed E-state index contributed by atoms with van der Waals surface area (Å²) in [4.78, 5) is 25.8. The molecular formula is C14H23NO4S. The van der Waals surface area contributed by atoms with Crippen LogP contribution >= 0.6 is 11.8 Å². The van der Waals surface area contributed by atoms with E-state index in [0.29, 0.717) is 18.8 Å². The zero-order valence-electron chi connectivity index (χ0n) is 12.1. The van der Waals surface area contributed by atoms with Crippen molar-refractivity contribution in [3.63, 3.8) is 0 Å². The fourth-order valence-electron chi connectivity index (χ4n) is 3.04. The highest BCUT2D eigenvalue weighted by molar-refractivity contribution is 8.00. The lowest BCUT2D eigenvalue weighted by atomic mass is 9.97. The first-order valence-electron chi connectivity index (χ1n) is 7.38. The van der Waals surface area contributed by atoms with E-state index in [1.165, 1.54) is 0 Å². The maximum atomic E-state index is 12.8. The van der Waals surface area contributed by atoms with Crippen LogP contribution in [-0.2, 0) is 14.3 Å². The Morgan fingerprint density at radius 3 is 2.75 bits per heavy atom. The highest BCUT2D eigenvalue weighted by Gasteiger charge is 2.45. The maximum Gasteiger partial charge on any atom is 0.327 e. The maximum absolute atomic E-state index is 12.8. The zero-order chi connectivity index (χ0) is 14.7. The number of rotatable bonds is 5. The Labute approximate surface area is 124 Å². The minimum atomic E-state index is -0.892. The van der Waals surface area contributed by atoms with Crippen LogP contribution in [0.25, 0.3) is 0 Å². The Morgan fingerprint density at radius 1 is 1.40 bits per heavy atom. The van der Waals surface area contributed by atoms with Gasteiger partial charge in [-0.1, -0.05) is 20.3 Å². The predicted octanol–water partition coefficient (Wildman–Crippen LogP) is 1.96. The van der Waals surface area contributed by atoms with Gasteiger partial charge in [0, 0.05) is 12.4 Å². The van der Waals surface area contributed by atoms with Gasteiger partial charge in [-0.05, 0) is 19.3 Å². The number of carbonyl (C=O) groups is 2. The molecule has 2 aliphatic rings. The number of carbonyl (C=O) groups excluding carboxylic acids is 1. The molecule has 0 bridgehead atoms. The largest absolute Gasteiger partial charge is 0.480 e. The third-order valence-corrected chi connectivity index (χ3v) is 5.45. The van der Waals surface area contributed by atoms with E-state index in [4.69, 9.17) is 4.74 Å². The summed E-state index contributed by atoms with van der Waals surface area (Å²) in [6.45, 7) is 4.67. The van der Waals surface area contributed by atoms with Gasteiger partial charge < -0.3 is 14.7 Å². The van der Waals surface area contributed by atoms with Gasteiger partial charge in [0.05, 0.1) is 17.4 Å². The van der Waals surface area contributed by atoms with Crippen molar-refractivity contribution < 1.29 is 19.4 Å². The van der Waals surface area contributed by atoms with Crippen molar-refractivity contribution >= 4 is 23.6 Å². The van der Waals surface area contributed by atoms with E-state index in [-0.39, 0.29) is 23.3 Å². The van der Waals surface area contributed by atoms with Crippen LogP contribution in [0.4, 0.5) is 0 Å². The highest BCUT2D eigenvalue weighted by atomic mass is 32.2. The average molecular weight is 301 g/mol. The van der Waals surface area contributed by atoms with Gasteiger partial charge in [0.1, 0.15) is 6.04 Å². The molecule has 0 aromatic heterocycles. The molecule has 0 aromatic rings. The lowest BCUT2D eigenvalue weighted by Gasteiger charge is -2.31. The van der Waals surface area contributed by atoms with Gasteiger partial charge >= 0.3 is 5.97 Å². The molecule has 0 aliphatic carbocycles. The first-order valence-corrected chi connectivity index (χ1v) is 8.43.